The Morgan fingerprint density at radius 2 is 2.00 bits per heavy atom. The molecule has 0 aliphatic rings. The molecule has 7 heteroatoms. The summed E-state index contributed by atoms with van der Waals surface area (Å²) in [7, 11) is 0. The van der Waals surface area contributed by atoms with Crippen molar-refractivity contribution in [2.45, 2.75) is 13.5 Å². The monoisotopic (exact) mass is 340 g/mol. The maximum atomic E-state index is 11.7. The van der Waals surface area contributed by atoms with Crippen LogP contribution in [0.4, 0.5) is 0 Å². The van der Waals surface area contributed by atoms with E-state index < -0.39 is 5.97 Å². The van der Waals surface area contributed by atoms with E-state index in [9.17, 15) is 9.90 Å². The Kier molecular flexibility index (Phi) is 3.28. The summed E-state index contributed by atoms with van der Waals surface area (Å²) < 4.78 is 3.62. The first kappa shape index (κ1) is 14.7. The number of carbonyl (C=O) groups is 1. The van der Waals surface area contributed by atoms with E-state index in [2.05, 4.69) is 10.2 Å². The number of carboxylic acid groups (broad SMARTS) is 1. The lowest BCUT2D eigenvalue weighted by molar-refractivity contribution is 0.0686. The van der Waals surface area contributed by atoms with E-state index in [1.807, 2.05) is 41.7 Å². The van der Waals surface area contributed by atoms with Crippen molar-refractivity contribution >= 4 is 34.3 Å². The highest BCUT2D eigenvalue weighted by molar-refractivity contribution is 6.30. The number of benzene rings is 1. The van der Waals surface area contributed by atoms with Gasteiger partial charge in [0.15, 0.2) is 5.65 Å². The molecule has 3 aromatic heterocycles. The Balaban J connectivity index is 1.98. The number of aromatic nitrogens is 4. The fourth-order valence-corrected chi connectivity index (χ4v) is 3.22. The highest BCUT2D eigenvalue weighted by atomic mass is 35.5. The van der Waals surface area contributed by atoms with E-state index in [-0.39, 0.29) is 5.69 Å². The van der Waals surface area contributed by atoms with Crippen molar-refractivity contribution < 1.29 is 9.90 Å². The van der Waals surface area contributed by atoms with E-state index in [0.717, 1.165) is 16.6 Å². The van der Waals surface area contributed by atoms with Crippen LogP contribution in [0.2, 0.25) is 5.02 Å². The van der Waals surface area contributed by atoms with Crippen molar-refractivity contribution in [3.05, 3.63) is 64.6 Å². The number of fused-ring (bicyclic) bond motifs is 3. The molecular formula is C17H13ClN4O2. The minimum atomic E-state index is -0.980. The predicted octanol–water partition coefficient (Wildman–Crippen LogP) is 3.39. The van der Waals surface area contributed by atoms with Gasteiger partial charge in [-0.2, -0.15) is 0 Å². The molecular weight excluding hydrogens is 328 g/mol. The summed E-state index contributed by atoms with van der Waals surface area (Å²) in [4.78, 5) is 11.7. The van der Waals surface area contributed by atoms with Gasteiger partial charge in [-0.3, -0.25) is 4.40 Å². The number of nitrogens with zero attached hydrogens (tertiary/aromatic N) is 4. The van der Waals surface area contributed by atoms with Gasteiger partial charge in [0.05, 0.1) is 11.0 Å². The molecule has 0 saturated carbocycles. The van der Waals surface area contributed by atoms with Gasteiger partial charge in [-0.05, 0) is 42.8 Å². The summed E-state index contributed by atoms with van der Waals surface area (Å²) >= 11 is 6.04. The van der Waals surface area contributed by atoms with Gasteiger partial charge >= 0.3 is 5.97 Å². The van der Waals surface area contributed by atoms with Gasteiger partial charge in [0.25, 0.3) is 0 Å². The number of pyridine rings is 1. The number of hydrogen-bond donors (Lipinski definition) is 1. The molecule has 3 heterocycles. The first-order valence-electron chi connectivity index (χ1n) is 7.36. The average molecular weight is 341 g/mol. The van der Waals surface area contributed by atoms with E-state index in [4.69, 9.17) is 11.6 Å². The van der Waals surface area contributed by atoms with Gasteiger partial charge in [-0.15, -0.1) is 10.2 Å². The smallest absolute Gasteiger partial charge is 0.352 e. The SMILES string of the molecule is Cc1nnc2ccc3c(cc(C(=O)O)n3Cc3cccc(Cl)c3)n12. The summed E-state index contributed by atoms with van der Waals surface area (Å²) in [6.07, 6.45) is 0. The van der Waals surface area contributed by atoms with Crippen molar-refractivity contribution in [3.8, 4) is 0 Å². The predicted molar refractivity (Wildman–Crippen MR) is 90.7 cm³/mol. The quantitative estimate of drug-likeness (QED) is 0.620. The molecule has 1 aromatic carbocycles. The first-order chi connectivity index (χ1) is 11.5. The lowest BCUT2D eigenvalue weighted by Crippen LogP contribution is -2.09. The lowest BCUT2D eigenvalue weighted by Gasteiger charge is -2.09. The molecule has 24 heavy (non-hydrogen) atoms. The molecule has 0 bridgehead atoms. The van der Waals surface area contributed by atoms with Crippen LogP contribution in [-0.4, -0.2) is 30.2 Å². The van der Waals surface area contributed by atoms with Crippen molar-refractivity contribution in [1.29, 1.82) is 0 Å². The number of halogens is 1. The second-order valence-electron chi connectivity index (χ2n) is 5.60. The number of aromatic carboxylic acids is 1. The molecule has 4 aromatic rings. The topological polar surface area (TPSA) is 72.4 Å². The van der Waals surface area contributed by atoms with Crippen LogP contribution < -0.4 is 0 Å². The fraction of sp³-hybridized carbons (Fsp3) is 0.118. The third kappa shape index (κ3) is 2.23. The highest BCUT2D eigenvalue weighted by Gasteiger charge is 2.18. The van der Waals surface area contributed by atoms with Crippen LogP contribution >= 0.6 is 11.6 Å². The molecule has 120 valence electrons. The lowest BCUT2D eigenvalue weighted by atomic mass is 10.2. The van der Waals surface area contributed by atoms with Crippen LogP contribution in [0.1, 0.15) is 21.9 Å². The molecule has 0 unspecified atom stereocenters. The first-order valence-corrected chi connectivity index (χ1v) is 7.74. The molecule has 0 spiro atoms. The minimum absolute atomic E-state index is 0.213. The average Bonchev–Trinajstić information content (AvgIpc) is 3.09. The van der Waals surface area contributed by atoms with E-state index in [1.165, 1.54) is 0 Å². The molecule has 4 rings (SSSR count). The normalized spacial score (nSPS) is 11.4. The van der Waals surface area contributed by atoms with Crippen LogP contribution in [0.5, 0.6) is 0 Å². The molecule has 0 fully saturated rings. The third-order valence-electron chi connectivity index (χ3n) is 4.05. The molecule has 0 amide bonds. The Morgan fingerprint density at radius 1 is 1.17 bits per heavy atom. The van der Waals surface area contributed by atoms with Crippen LogP contribution in [0.25, 0.3) is 16.7 Å². The fourth-order valence-electron chi connectivity index (χ4n) is 3.01. The van der Waals surface area contributed by atoms with Gasteiger partial charge in [0, 0.05) is 11.6 Å². The summed E-state index contributed by atoms with van der Waals surface area (Å²) in [6, 6.07) is 12.8. The highest BCUT2D eigenvalue weighted by Crippen LogP contribution is 2.24. The van der Waals surface area contributed by atoms with Crippen molar-refractivity contribution in [2.75, 3.05) is 0 Å². The second-order valence-corrected chi connectivity index (χ2v) is 6.03. The number of aryl methyl sites for hydroxylation is 1. The van der Waals surface area contributed by atoms with E-state index in [1.54, 1.807) is 16.7 Å². The van der Waals surface area contributed by atoms with E-state index in [0.29, 0.717) is 23.0 Å². The maximum absolute atomic E-state index is 11.7. The van der Waals surface area contributed by atoms with Gasteiger partial charge < -0.3 is 9.67 Å². The minimum Gasteiger partial charge on any atom is -0.477 e. The van der Waals surface area contributed by atoms with Gasteiger partial charge in [0.1, 0.15) is 11.5 Å². The van der Waals surface area contributed by atoms with E-state index >= 15 is 0 Å². The maximum Gasteiger partial charge on any atom is 0.352 e. The van der Waals surface area contributed by atoms with Crippen LogP contribution in [0.15, 0.2) is 42.5 Å². The largest absolute Gasteiger partial charge is 0.477 e. The summed E-state index contributed by atoms with van der Waals surface area (Å²) in [5, 5.41) is 18.4. The van der Waals surface area contributed by atoms with Gasteiger partial charge in [-0.1, -0.05) is 23.7 Å². The van der Waals surface area contributed by atoms with Crippen LogP contribution in [0.3, 0.4) is 0 Å². The molecule has 0 atom stereocenters. The van der Waals surface area contributed by atoms with Crippen LogP contribution in [-0.2, 0) is 6.54 Å². The summed E-state index contributed by atoms with van der Waals surface area (Å²) in [5.41, 5.74) is 3.42. The Bertz CT molecular complexity index is 1100. The summed E-state index contributed by atoms with van der Waals surface area (Å²) in [6.45, 7) is 2.26. The molecule has 0 aliphatic heterocycles. The zero-order chi connectivity index (χ0) is 16.8. The third-order valence-corrected chi connectivity index (χ3v) is 4.28. The Hall–Kier alpha value is -2.86. The second kappa shape index (κ2) is 5.35. The Morgan fingerprint density at radius 3 is 2.75 bits per heavy atom. The van der Waals surface area contributed by atoms with Gasteiger partial charge in [-0.25, -0.2) is 4.79 Å². The molecule has 0 aliphatic carbocycles. The number of hydrogen-bond acceptors (Lipinski definition) is 3. The number of rotatable bonds is 3. The number of carboxylic acids is 1. The van der Waals surface area contributed by atoms with Crippen molar-refractivity contribution in [3.63, 3.8) is 0 Å². The van der Waals surface area contributed by atoms with Crippen molar-refractivity contribution in [1.82, 2.24) is 19.2 Å². The summed E-state index contributed by atoms with van der Waals surface area (Å²) in [5.74, 6) is -0.264. The molecule has 1 N–H and O–H groups in total. The van der Waals surface area contributed by atoms with Gasteiger partial charge in [0.2, 0.25) is 0 Å². The molecule has 6 nitrogen and oxygen atoms in total. The Labute approximate surface area is 141 Å². The zero-order valence-electron chi connectivity index (χ0n) is 12.8. The van der Waals surface area contributed by atoms with Crippen LogP contribution in [0, 0.1) is 6.92 Å². The standard InChI is InChI=1S/C17H13ClN4O2/c1-10-19-20-16-6-5-13-14(22(10)16)8-15(17(23)24)21(13)9-11-3-2-4-12(18)7-11/h2-8H,9H2,1H3,(H,23,24). The molecule has 0 radical (unpaired) electrons. The van der Waals surface area contributed by atoms with Crippen molar-refractivity contribution in [2.24, 2.45) is 0 Å². The zero-order valence-corrected chi connectivity index (χ0v) is 13.5. The molecule has 0 saturated heterocycles.